The van der Waals surface area contributed by atoms with Gasteiger partial charge in [-0.1, -0.05) is 0 Å². The zero-order valence-electron chi connectivity index (χ0n) is 10.8. The molecule has 1 aliphatic heterocycles. The number of ether oxygens (including phenoxy) is 1. The van der Waals surface area contributed by atoms with Crippen molar-refractivity contribution in [1.29, 1.82) is 0 Å². The Morgan fingerprint density at radius 1 is 1.28 bits per heavy atom. The third-order valence-corrected chi connectivity index (χ3v) is 3.64. The highest BCUT2D eigenvalue weighted by molar-refractivity contribution is 5.55. The predicted molar refractivity (Wildman–Crippen MR) is 70.6 cm³/mol. The van der Waals surface area contributed by atoms with E-state index in [1.54, 1.807) is 0 Å². The van der Waals surface area contributed by atoms with Crippen molar-refractivity contribution in [2.75, 3.05) is 24.3 Å². The summed E-state index contributed by atoms with van der Waals surface area (Å²) in [4.78, 5) is 9.02. The van der Waals surface area contributed by atoms with E-state index in [-0.39, 0.29) is 0 Å². The van der Waals surface area contributed by atoms with Crippen molar-refractivity contribution in [3.05, 3.63) is 11.4 Å². The zero-order valence-corrected chi connectivity index (χ0v) is 10.8. The molecule has 3 rings (SSSR count). The van der Waals surface area contributed by atoms with Gasteiger partial charge < -0.3 is 15.8 Å². The number of anilines is 2. The van der Waals surface area contributed by atoms with Gasteiger partial charge in [0.2, 0.25) is 0 Å². The van der Waals surface area contributed by atoms with E-state index in [9.17, 15) is 0 Å². The lowest BCUT2D eigenvalue weighted by Crippen LogP contribution is -2.31. The molecule has 0 bridgehead atoms. The number of aromatic nitrogens is 2. The Kier molecular flexibility index (Phi) is 3.07. The van der Waals surface area contributed by atoms with E-state index in [1.165, 1.54) is 12.8 Å². The summed E-state index contributed by atoms with van der Waals surface area (Å²) in [6.07, 6.45) is 4.61. The highest BCUT2D eigenvalue weighted by Gasteiger charge is 2.28. The number of rotatable bonds is 3. The molecule has 2 fully saturated rings. The Hall–Kier alpha value is -1.36. The first-order valence-corrected chi connectivity index (χ1v) is 6.72. The highest BCUT2D eigenvalue weighted by atomic mass is 16.5. The van der Waals surface area contributed by atoms with Crippen LogP contribution in [0.25, 0.3) is 0 Å². The maximum Gasteiger partial charge on any atom is 0.136 e. The predicted octanol–water partition coefficient (Wildman–Crippen LogP) is 1.84. The second-order valence-corrected chi connectivity index (χ2v) is 5.27. The standard InChI is InChI=1S/C13H20N4O/c1-8-11(14)16-13(9-4-5-9)17-12(8)15-10-3-2-6-18-7-10/h9-10H,2-7H2,1H3,(H3,14,15,16,17). The number of nitrogens with one attached hydrogen (secondary N) is 1. The second-order valence-electron chi connectivity index (χ2n) is 5.27. The van der Waals surface area contributed by atoms with E-state index in [4.69, 9.17) is 10.5 Å². The quantitative estimate of drug-likeness (QED) is 0.853. The van der Waals surface area contributed by atoms with Gasteiger partial charge in [0.05, 0.1) is 12.6 Å². The van der Waals surface area contributed by atoms with Crippen LogP contribution in [0.3, 0.4) is 0 Å². The van der Waals surface area contributed by atoms with Crippen LogP contribution < -0.4 is 11.1 Å². The average molecular weight is 248 g/mol. The summed E-state index contributed by atoms with van der Waals surface area (Å²) in [6, 6.07) is 0.346. The number of hydrogen-bond donors (Lipinski definition) is 2. The Balaban J connectivity index is 1.80. The van der Waals surface area contributed by atoms with Crippen LogP contribution in [0, 0.1) is 6.92 Å². The summed E-state index contributed by atoms with van der Waals surface area (Å²) < 4.78 is 5.48. The van der Waals surface area contributed by atoms with Crippen molar-refractivity contribution in [2.45, 2.75) is 44.6 Å². The fourth-order valence-corrected chi connectivity index (χ4v) is 2.26. The molecule has 3 N–H and O–H groups in total. The summed E-state index contributed by atoms with van der Waals surface area (Å²) in [5.41, 5.74) is 6.92. The molecule has 1 aromatic heterocycles. The molecule has 5 nitrogen and oxygen atoms in total. The van der Waals surface area contributed by atoms with Crippen LogP contribution >= 0.6 is 0 Å². The van der Waals surface area contributed by atoms with Crippen LogP contribution in [0.2, 0.25) is 0 Å². The first-order valence-electron chi connectivity index (χ1n) is 6.72. The van der Waals surface area contributed by atoms with Crippen LogP contribution in [0.5, 0.6) is 0 Å². The maximum absolute atomic E-state index is 5.97. The minimum atomic E-state index is 0.346. The third-order valence-electron chi connectivity index (χ3n) is 3.64. The molecular weight excluding hydrogens is 228 g/mol. The van der Waals surface area contributed by atoms with Crippen LogP contribution in [0.15, 0.2) is 0 Å². The fourth-order valence-electron chi connectivity index (χ4n) is 2.26. The summed E-state index contributed by atoms with van der Waals surface area (Å²) in [6.45, 7) is 3.59. The van der Waals surface area contributed by atoms with Gasteiger partial charge in [0.15, 0.2) is 0 Å². The van der Waals surface area contributed by atoms with E-state index in [0.29, 0.717) is 17.8 Å². The van der Waals surface area contributed by atoms with Gasteiger partial charge in [0, 0.05) is 18.1 Å². The molecule has 5 heteroatoms. The van der Waals surface area contributed by atoms with Crippen LogP contribution in [-0.2, 0) is 4.74 Å². The second kappa shape index (κ2) is 4.72. The average Bonchev–Trinajstić information content (AvgIpc) is 3.20. The van der Waals surface area contributed by atoms with E-state index >= 15 is 0 Å². The summed E-state index contributed by atoms with van der Waals surface area (Å²) >= 11 is 0. The van der Waals surface area contributed by atoms with E-state index in [2.05, 4.69) is 15.3 Å². The Morgan fingerprint density at radius 2 is 2.11 bits per heavy atom. The first kappa shape index (κ1) is 11.7. The molecule has 0 spiro atoms. The molecule has 18 heavy (non-hydrogen) atoms. The molecule has 0 aromatic carbocycles. The lowest BCUT2D eigenvalue weighted by molar-refractivity contribution is 0.0875. The lowest BCUT2D eigenvalue weighted by Gasteiger charge is -2.24. The van der Waals surface area contributed by atoms with Gasteiger partial charge in [-0.05, 0) is 32.6 Å². The Morgan fingerprint density at radius 3 is 2.78 bits per heavy atom. The summed E-state index contributed by atoms with van der Waals surface area (Å²) in [5.74, 6) is 2.92. The summed E-state index contributed by atoms with van der Waals surface area (Å²) in [7, 11) is 0. The number of nitrogens with two attached hydrogens (primary N) is 1. The third kappa shape index (κ3) is 2.41. The van der Waals surface area contributed by atoms with Crippen molar-refractivity contribution >= 4 is 11.6 Å². The smallest absolute Gasteiger partial charge is 0.136 e. The molecule has 1 aromatic rings. The fraction of sp³-hybridized carbons (Fsp3) is 0.692. The van der Waals surface area contributed by atoms with Crippen molar-refractivity contribution < 1.29 is 4.74 Å². The van der Waals surface area contributed by atoms with Gasteiger partial charge in [0.1, 0.15) is 17.5 Å². The molecular formula is C13H20N4O. The van der Waals surface area contributed by atoms with Crippen molar-refractivity contribution in [1.82, 2.24) is 9.97 Å². The molecule has 0 radical (unpaired) electrons. The molecule has 1 unspecified atom stereocenters. The Labute approximate surface area is 107 Å². The van der Waals surface area contributed by atoms with Gasteiger partial charge in [-0.3, -0.25) is 0 Å². The van der Waals surface area contributed by atoms with E-state index in [1.807, 2.05) is 6.92 Å². The van der Waals surface area contributed by atoms with Gasteiger partial charge in [-0.15, -0.1) is 0 Å². The largest absolute Gasteiger partial charge is 0.383 e. The monoisotopic (exact) mass is 248 g/mol. The minimum Gasteiger partial charge on any atom is -0.383 e. The molecule has 2 aliphatic rings. The molecule has 0 amide bonds. The SMILES string of the molecule is Cc1c(N)nc(C2CC2)nc1NC1CCCOC1. The zero-order chi connectivity index (χ0) is 12.5. The van der Waals surface area contributed by atoms with Gasteiger partial charge in [0.25, 0.3) is 0 Å². The van der Waals surface area contributed by atoms with Crippen LogP contribution in [0.4, 0.5) is 11.6 Å². The van der Waals surface area contributed by atoms with E-state index in [0.717, 1.165) is 43.3 Å². The summed E-state index contributed by atoms with van der Waals surface area (Å²) in [5, 5.41) is 3.46. The van der Waals surface area contributed by atoms with Gasteiger partial charge in [-0.25, -0.2) is 9.97 Å². The normalized spacial score (nSPS) is 23.9. The molecule has 1 saturated carbocycles. The van der Waals surface area contributed by atoms with Gasteiger partial charge in [-0.2, -0.15) is 0 Å². The van der Waals surface area contributed by atoms with Crippen LogP contribution in [0.1, 0.15) is 43.0 Å². The molecule has 2 heterocycles. The number of hydrogen-bond acceptors (Lipinski definition) is 5. The lowest BCUT2D eigenvalue weighted by atomic mass is 10.1. The van der Waals surface area contributed by atoms with Crippen LogP contribution in [-0.4, -0.2) is 29.2 Å². The Bertz CT molecular complexity index is 439. The topological polar surface area (TPSA) is 73.1 Å². The maximum atomic E-state index is 5.97. The molecule has 1 atom stereocenters. The molecule has 98 valence electrons. The van der Waals surface area contributed by atoms with Crippen molar-refractivity contribution in [3.63, 3.8) is 0 Å². The molecule has 1 saturated heterocycles. The number of nitrogen functional groups attached to an aromatic ring is 1. The highest BCUT2D eigenvalue weighted by Crippen LogP contribution is 2.39. The number of nitrogens with zero attached hydrogens (tertiary/aromatic N) is 2. The van der Waals surface area contributed by atoms with Gasteiger partial charge >= 0.3 is 0 Å². The first-order chi connectivity index (χ1) is 8.74. The van der Waals surface area contributed by atoms with Crippen molar-refractivity contribution in [2.24, 2.45) is 0 Å². The minimum absolute atomic E-state index is 0.346. The van der Waals surface area contributed by atoms with Crippen molar-refractivity contribution in [3.8, 4) is 0 Å². The van der Waals surface area contributed by atoms with E-state index < -0.39 is 0 Å². The molecule has 1 aliphatic carbocycles.